The molecule has 0 fully saturated rings. The summed E-state index contributed by atoms with van der Waals surface area (Å²) >= 11 is 0. The summed E-state index contributed by atoms with van der Waals surface area (Å²) in [7, 11) is 2.86. The molecule has 0 unspecified atom stereocenters. The van der Waals surface area contributed by atoms with Gasteiger partial charge >= 0.3 is 0 Å². The van der Waals surface area contributed by atoms with Crippen LogP contribution in [0.5, 0.6) is 5.75 Å². The van der Waals surface area contributed by atoms with Gasteiger partial charge in [-0.15, -0.1) is 0 Å². The first-order chi connectivity index (χ1) is 8.58. The molecule has 0 aromatic heterocycles. The van der Waals surface area contributed by atoms with E-state index in [0.717, 1.165) is 12.1 Å². The predicted octanol–water partition coefficient (Wildman–Crippen LogP) is 1.55. The van der Waals surface area contributed by atoms with Crippen molar-refractivity contribution < 1.29 is 18.3 Å². The molecule has 0 saturated carbocycles. The molecule has 0 spiro atoms. The molecule has 1 rings (SSSR count). The third-order valence-electron chi connectivity index (χ3n) is 2.44. The number of methoxy groups -OCH3 is 1. The Balaban J connectivity index is 2.57. The summed E-state index contributed by atoms with van der Waals surface area (Å²) in [5, 5.41) is 0. The minimum Gasteiger partial charge on any atom is -0.494 e. The Labute approximate surface area is 104 Å². The Kier molecular flexibility index (Phi) is 5.51. The zero-order chi connectivity index (χ0) is 13.5. The van der Waals surface area contributed by atoms with Crippen molar-refractivity contribution in [2.45, 2.75) is 19.3 Å². The van der Waals surface area contributed by atoms with Gasteiger partial charge in [0.25, 0.3) is 0 Å². The molecule has 0 saturated heterocycles. The fraction of sp³-hybridized carbons (Fsp3) is 0.417. The Morgan fingerprint density at radius 1 is 1.33 bits per heavy atom. The molecular weight excluding hydrogens is 242 g/mol. The maximum Gasteiger partial charge on any atom is 0.234 e. The molecule has 0 bridgehead atoms. The van der Waals surface area contributed by atoms with Crippen LogP contribution in [-0.4, -0.2) is 20.1 Å². The molecule has 0 atom stereocenters. The number of ether oxygens (including phenoxy) is 1. The molecule has 100 valence electrons. The monoisotopic (exact) mass is 258 g/mol. The van der Waals surface area contributed by atoms with E-state index in [4.69, 9.17) is 0 Å². The van der Waals surface area contributed by atoms with Gasteiger partial charge in [-0.2, -0.15) is 0 Å². The van der Waals surface area contributed by atoms with E-state index in [2.05, 4.69) is 15.6 Å². The molecule has 0 heterocycles. The highest BCUT2D eigenvalue weighted by atomic mass is 19.1. The van der Waals surface area contributed by atoms with Crippen molar-refractivity contribution in [3.63, 3.8) is 0 Å². The van der Waals surface area contributed by atoms with Crippen LogP contribution in [0.2, 0.25) is 0 Å². The minimum absolute atomic E-state index is 0.121. The van der Waals surface area contributed by atoms with E-state index < -0.39 is 11.6 Å². The van der Waals surface area contributed by atoms with Gasteiger partial charge in [-0.05, 0) is 24.5 Å². The van der Waals surface area contributed by atoms with Crippen LogP contribution in [0.3, 0.4) is 0 Å². The second-order valence-corrected chi connectivity index (χ2v) is 3.73. The first kappa shape index (κ1) is 14.4. The number of hydrazine groups is 1. The summed E-state index contributed by atoms with van der Waals surface area (Å²) in [5.74, 6) is -1.44. The van der Waals surface area contributed by atoms with Crippen LogP contribution >= 0.6 is 0 Å². The van der Waals surface area contributed by atoms with Crippen LogP contribution in [0.15, 0.2) is 12.1 Å². The number of rotatable bonds is 6. The Bertz CT molecular complexity index is 425. The molecule has 18 heavy (non-hydrogen) atoms. The summed E-state index contributed by atoms with van der Waals surface area (Å²) in [4.78, 5) is 11.1. The van der Waals surface area contributed by atoms with Crippen LogP contribution < -0.4 is 15.6 Å². The van der Waals surface area contributed by atoms with Crippen LogP contribution in [0, 0.1) is 11.6 Å². The van der Waals surface area contributed by atoms with Crippen LogP contribution in [0.4, 0.5) is 8.78 Å². The van der Waals surface area contributed by atoms with Crippen molar-refractivity contribution in [2.24, 2.45) is 0 Å². The van der Waals surface area contributed by atoms with Gasteiger partial charge in [-0.1, -0.05) is 0 Å². The fourth-order valence-corrected chi connectivity index (χ4v) is 1.56. The average Bonchev–Trinajstić information content (AvgIpc) is 2.33. The lowest BCUT2D eigenvalue weighted by molar-refractivity contribution is -0.122. The highest BCUT2D eigenvalue weighted by Crippen LogP contribution is 2.22. The summed E-state index contributed by atoms with van der Waals surface area (Å²) in [6, 6.07) is 2.11. The van der Waals surface area contributed by atoms with Gasteiger partial charge in [-0.3, -0.25) is 10.2 Å². The molecular formula is C12H16F2N2O2. The molecule has 1 amide bonds. The van der Waals surface area contributed by atoms with Crippen LogP contribution in [0.1, 0.15) is 18.4 Å². The molecule has 0 aliphatic rings. The summed E-state index contributed by atoms with van der Waals surface area (Å²) in [5.41, 5.74) is 5.14. The lowest BCUT2D eigenvalue weighted by Crippen LogP contribution is -2.33. The zero-order valence-corrected chi connectivity index (χ0v) is 10.3. The number of carbonyl (C=O) groups is 1. The van der Waals surface area contributed by atoms with E-state index in [1.807, 2.05) is 0 Å². The van der Waals surface area contributed by atoms with E-state index in [0.29, 0.717) is 12.8 Å². The fourth-order valence-electron chi connectivity index (χ4n) is 1.56. The minimum atomic E-state index is -0.603. The van der Waals surface area contributed by atoms with Crippen molar-refractivity contribution >= 4 is 5.91 Å². The lowest BCUT2D eigenvalue weighted by Gasteiger charge is -2.07. The van der Waals surface area contributed by atoms with Gasteiger partial charge in [-0.25, -0.2) is 14.2 Å². The van der Waals surface area contributed by atoms with Gasteiger partial charge in [0.2, 0.25) is 5.91 Å². The number of hydrogen-bond donors (Lipinski definition) is 2. The Morgan fingerprint density at radius 3 is 2.67 bits per heavy atom. The zero-order valence-electron chi connectivity index (χ0n) is 10.3. The SMILES string of the molecule is CNNC(=O)CCCc1cc(F)c(OC)cc1F. The van der Waals surface area contributed by atoms with E-state index in [-0.39, 0.29) is 23.6 Å². The molecule has 0 radical (unpaired) electrons. The lowest BCUT2D eigenvalue weighted by atomic mass is 10.1. The second kappa shape index (κ2) is 6.90. The first-order valence-corrected chi connectivity index (χ1v) is 5.56. The van der Waals surface area contributed by atoms with Crippen LogP contribution in [0.25, 0.3) is 0 Å². The topological polar surface area (TPSA) is 50.4 Å². The smallest absolute Gasteiger partial charge is 0.234 e. The van der Waals surface area contributed by atoms with Gasteiger partial charge < -0.3 is 4.74 Å². The van der Waals surface area contributed by atoms with E-state index in [9.17, 15) is 13.6 Å². The van der Waals surface area contributed by atoms with Crippen LogP contribution in [-0.2, 0) is 11.2 Å². The number of amides is 1. The number of nitrogens with one attached hydrogen (secondary N) is 2. The molecule has 1 aromatic carbocycles. The largest absolute Gasteiger partial charge is 0.494 e. The Morgan fingerprint density at radius 2 is 2.06 bits per heavy atom. The van der Waals surface area contributed by atoms with E-state index in [1.165, 1.54) is 7.11 Å². The highest BCUT2D eigenvalue weighted by molar-refractivity contribution is 5.75. The number of benzene rings is 1. The number of hydrogen-bond acceptors (Lipinski definition) is 3. The van der Waals surface area contributed by atoms with E-state index >= 15 is 0 Å². The second-order valence-electron chi connectivity index (χ2n) is 3.73. The van der Waals surface area contributed by atoms with Gasteiger partial charge in [0, 0.05) is 19.5 Å². The van der Waals surface area contributed by atoms with Gasteiger partial charge in [0.15, 0.2) is 11.6 Å². The maximum atomic E-state index is 13.5. The highest BCUT2D eigenvalue weighted by Gasteiger charge is 2.10. The van der Waals surface area contributed by atoms with Gasteiger partial charge in [0.1, 0.15) is 5.82 Å². The number of carbonyl (C=O) groups excluding carboxylic acids is 1. The Hall–Kier alpha value is -1.69. The molecule has 2 N–H and O–H groups in total. The third kappa shape index (κ3) is 3.96. The standard InChI is InChI=1S/C12H16F2N2O2/c1-15-16-12(17)5-3-4-8-6-10(14)11(18-2)7-9(8)13/h6-7,15H,3-5H2,1-2H3,(H,16,17). The molecule has 4 nitrogen and oxygen atoms in total. The van der Waals surface area contributed by atoms with E-state index in [1.54, 1.807) is 7.05 Å². The third-order valence-corrected chi connectivity index (χ3v) is 2.44. The number of halogens is 2. The van der Waals surface area contributed by atoms with Crippen molar-refractivity contribution in [1.82, 2.24) is 10.9 Å². The maximum absolute atomic E-state index is 13.5. The molecule has 0 aliphatic carbocycles. The van der Waals surface area contributed by atoms with Crippen molar-refractivity contribution in [3.8, 4) is 5.75 Å². The molecule has 1 aromatic rings. The summed E-state index contributed by atoms with van der Waals surface area (Å²) in [6.07, 6.45) is 0.980. The van der Waals surface area contributed by atoms with Crippen molar-refractivity contribution in [2.75, 3.05) is 14.2 Å². The first-order valence-electron chi connectivity index (χ1n) is 5.56. The molecule has 0 aliphatic heterocycles. The van der Waals surface area contributed by atoms with Crippen molar-refractivity contribution in [3.05, 3.63) is 29.3 Å². The number of aryl methyl sites for hydroxylation is 1. The normalized spacial score (nSPS) is 10.2. The average molecular weight is 258 g/mol. The predicted molar refractivity (Wildman–Crippen MR) is 63.1 cm³/mol. The molecule has 6 heteroatoms. The van der Waals surface area contributed by atoms with Crippen molar-refractivity contribution in [1.29, 1.82) is 0 Å². The summed E-state index contributed by atoms with van der Waals surface area (Å²) in [6.45, 7) is 0. The summed E-state index contributed by atoms with van der Waals surface area (Å²) < 4.78 is 31.6. The van der Waals surface area contributed by atoms with Gasteiger partial charge in [0.05, 0.1) is 7.11 Å². The quantitative estimate of drug-likeness (QED) is 0.761.